The molecule has 92 valence electrons. The molecule has 0 saturated carbocycles. The Labute approximate surface area is 99.7 Å². The van der Waals surface area contributed by atoms with Crippen molar-refractivity contribution in [2.75, 3.05) is 32.7 Å². The Hall–Kier alpha value is -1.59. The van der Waals surface area contributed by atoms with E-state index < -0.39 is 0 Å². The predicted molar refractivity (Wildman–Crippen MR) is 63.4 cm³/mol. The van der Waals surface area contributed by atoms with Gasteiger partial charge in [0.2, 0.25) is 0 Å². The highest BCUT2D eigenvalue weighted by Gasteiger charge is 2.17. The van der Waals surface area contributed by atoms with Gasteiger partial charge in [-0.25, -0.2) is 0 Å². The maximum Gasteiger partial charge on any atom is 0.180 e. The Bertz CT molecular complexity index is 414. The van der Waals surface area contributed by atoms with Gasteiger partial charge in [-0.05, 0) is 12.1 Å². The third-order valence-electron chi connectivity index (χ3n) is 2.86. The zero-order valence-corrected chi connectivity index (χ0v) is 9.52. The lowest BCUT2D eigenvalue weighted by atomic mass is 10.1. The van der Waals surface area contributed by atoms with Crippen LogP contribution in [0.5, 0.6) is 11.5 Å². The number of hydrogen-bond acceptors (Lipinski definition) is 5. The van der Waals surface area contributed by atoms with Crippen molar-refractivity contribution >= 4 is 5.78 Å². The molecule has 1 aliphatic heterocycles. The zero-order valence-electron chi connectivity index (χ0n) is 9.52. The molecule has 0 unspecified atom stereocenters. The molecule has 1 aromatic rings. The third-order valence-corrected chi connectivity index (χ3v) is 2.86. The van der Waals surface area contributed by atoms with Crippen LogP contribution in [0.3, 0.4) is 0 Å². The highest BCUT2D eigenvalue weighted by molar-refractivity contribution is 6.00. The van der Waals surface area contributed by atoms with E-state index in [9.17, 15) is 9.90 Å². The van der Waals surface area contributed by atoms with E-state index in [0.29, 0.717) is 6.54 Å². The highest BCUT2D eigenvalue weighted by Crippen LogP contribution is 2.23. The number of carbonyl (C=O) groups is 1. The minimum Gasteiger partial charge on any atom is -0.508 e. The van der Waals surface area contributed by atoms with Gasteiger partial charge in [-0.2, -0.15) is 0 Å². The smallest absolute Gasteiger partial charge is 0.180 e. The maximum atomic E-state index is 11.9. The zero-order chi connectivity index (χ0) is 12.3. The Kier molecular flexibility index (Phi) is 3.61. The monoisotopic (exact) mass is 236 g/mol. The van der Waals surface area contributed by atoms with Gasteiger partial charge in [0.25, 0.3) is 0 Å². The normalized spacial score (nSPS) is 16.9. The summed E-state index contributed by atoms with van der Waals surface area (Å²) in [4.78, 5) is 14.0. The van der Waals surface area contributed by atoms with E-state index in [2.05, 4.69) is 5.32 Å². The Morgan fingerprint density at radius 2 is 2.00 bits per heavy atom. The second-order valence-corrected chi connectivity index (χ2v) is 4.15. The average molecular weight is 236 g/mol. The van der Waals surface area contributed by atoms with Crippen LogP contribution in [0.2, 0.25) is 0 Å². The second-order valence-electron chi connectivity index (χ2n) is 4.15. The molecule has 0 atom stereocenters. The number of aromatic hydroxyl groups is 2. The molecule has 17 heavy (non-hydrogen) atoms. The van der Waals surface area contributed by atoms with Crippen LogP contribution in [0.25, 0.3) is 0 Å². The summed E-state index contributed by atoms with van der Waals surface area (Å²) in [7, 11) is 0. The maximum absolute atomic E-state index is 11.9. The summed E-state index contributed by atoms with van der Waals surface area (Å²) < 4.78 is 0. The fourth-order valence-corrected chi connectivity index (χ4v) is 1.91. The Morgan fingerprint density at radius 1 is 1.29 bits per heavy atom. The van der Waals surface area contributed by atoms with Crippen LogP contribution < -0.4 is 5.32 Å². The molecule has 0 radical (unpaired) electrons. The standard InChI is InChI=1S/C12H16N2O3/c15-9-1-2-10(11(16)7-9)12(17)8-14-5-3-13-4-6-14/h1-2,7,13,15-16H,3-6,8H2. The average Bonchev–Trinajstić information content (AvgIpc) is 2.30. The largest absolute Gasteiger partial charge is 0.508 e. The van der Waals surface area contributed by atoms with Crippen LogP contribution in [0.4, 0.5) is 0 Å². The van der Waals surface area contributed by atoms with Gasteiger partial charge < -0.3 is 15.5 Å². The summed E-state index contributed by atoms with van der Waals surface area (Å²) in [6, 6.07) is 4.05. The quantitative estimate of drug-likeness (QED) is 0.653. The first-order chi connectivity index (χ1) is 8.16. The summed E-state index contributed by atoms with van der Waals surface area (Å²) in [5.74, 6) is -0.323. The molecule has 0 aromatic heterocycles. The number of ketones is 1. The van der Waals surface area contributed by atoms with Gasteiger partial charge >= 0.3 is 0 Å². The molecule has 0 amide bonds. The van der Waals surface area contributed by atoms with Crippen LogP contribution >= 0.6 is 0 Å². The predicted octanol–water partition coefficient (Wildman–Crippen LogP) is 0.186. The molecule has 1 fully saturated rings. The summed E-state index contributed by atoms with van der Waals surface area (Å²) in [5, 5.41) is 21.9. The number of hydrogen-bond donors (Lipinski definition) is 3. The lowest BCUT2D eigenvalue weighted by Crippen LogP contribution is -2.45. The van der Waals surface area contributed by atoms with E-state index in [1.807, 2.05) is 4.90 Å². The molecule has 3 N–H and O–H groups in total. The van der Waals surface area contributed by atoms with Gasteiger partial charge in [0, 0.05) is 32.2 Å². The SMILES string of the molecule is O=C(CN1CCNCC1)c1ccc(O)cc1O. The first-order valence-electron chi connectivity index (χ1n) is 5.65. The van der Waals surface area contributed by atoms with E-state index >= 15 is 0 Å². The topological polar surface area (TPSA) is 72.8 Å². The van der Waals surface area contributed by atoms with E-state index in [-0.39, 0.29) is 22.8 Å². The van der Waals surface area contributed by atoms with E-state index in [1.54, 1.807) is 0 Å². The van der Waals surface area contributed by atoms with Crippen LogP contribution in [-0.4, -0.2) is 53.6 Å². The number of Topliss-reactive ketones (excluding diaryl/α,β-unsaturated/α-hetero) is 1. The molecule has 2 rings (SSSR count). The fourth-order valence-electron chi connectivity index (χ4n) is 1.91. The number of nitrogens with one attached hydrogen (secondary N) is 1. The van der Waals surface area contributed by atoms with Crippen molar-refractivity contribution in [1.82, 2.24) is 10.2 Å². The Balaban J connectivity index is 2.03. The van der Waals surface area contributed by atoms with Crippen molar-refractivity contribution in [2.45, 2.75) is 0 Å². The van der Waals surface area contributed by atoms with Crippen molar-refractivity contribution in [2.24, 2.45) is 0 Å². The van der Waals surface area contributed by atoms with E-state index in [1.165, 1.54) is 18.2 Å². The van der Waals surface area contributed by atoms with Crippen LogP contribution in [0.1, 0.15) is 10.4 Å². The van der Waals surface area contributed by atoms with Crippen molar-refractivity contribution in [3.05, 3.63) is 23.8 Å². The van der Waals surface area contributed by atoms with Crippen molar-refractivity contribution in [3.8, 4) is 11.5 Å². The summed E-state index contributed by atoms with van der Waals surface area (Å²) in [5.41, 5.74) is 0.265. The minimum atomic E-state index is -0.162. The van der Waals surface area contributed by atoms with E-state index in [0.717, 1.165) is 26.2 Å². The molecule has 0 bridgehead atoms. The lowest BCUT2D eigenvalue weighted by Gasteiger charge is -2.26. The summed E-state index contributed by atoms with van der Waals surface area (Å²) in [6.07, 6.45) is 0. The first-order valence-corrected chi connectivity index (χ1v) is 5.65. The van der Waals surface area contributed by atoms with Crippen molar-refractivity contribution in [1.29, 1.82) is 0 Å². The number of nitrogens with zero attached hydrogens (tertiary/aromatic N) is 1. The van der Waals surface area contributed by atoms with Gasteiger partial charge in [0.1, 0.15) is 11.5 Å². The molecule has 0 spiro atoms. The molecule has 1 aromatic carbocycles. The van der Waals surface area contributed by atoms with Crippen LogP contribution in [0.15, 0.2) is 18.2 Å². The summed E-state index contributed by atoms with van der Waals surface area (Å²) >= 11 is 0. The van der Waals surface area contributed by atoms with Gasteiger partial charge in [-0.1, -0.05) is 0 Å². The van der Waals surface area contributed by atoms with Crippen LogP contribution in [0, 0.1) is 0 Å². The van der Waals surface area contributed by atoms with Gasteiger partial charge in [0.05, 0.1) is 12.1 Å². The molecule has 5 heteroatoms. The van der Waals surface area contributed by atoms with Gasteiger partial charge in [-0.3, -0.25) is 9.69 Å². The second kappa shape index (κ2) is 5.16. The minimum absolute atomic E-state index is 0.0405. The molecular weight excluding hydrogens is 220 g/mol. The molecule has 1 aliphatic rings. The molecule has 1 saturated heterocycles. The highest BCUT2D eigenvalue weighted by atomic mass is 16.3. The molecule has 1 heterocycles. The first kappa shape index (κ1) is 11.9. The van der Waals surface area contributed by atoms with E-state index in [4.69, 9.17) is 5.11 Å². The van der Waals surface area contributed by atoms with Crippen molar-refractivity contribution < 1.29 is 15.0 Å². The molecule has 5 nitrogen and oxygen atoms in total. The van der Waals surface area contributed by atoms with Crippen molar-refractivity contribution in [3.63, 3.8) is 0 Å². The number of phenolic OH excluding ortho intramolecular Hbond substituents is 2. The molecule has 0 aliphatic carbocycles. The van der Waals surface area contributed by atoms with Gasteiger partial charge in [-0.15, -0.1) is 0 Å². The lowest BCUT2D eigenvalue weighted by molar-refractivity contribution is 0.0919. The third kappa shape index (κ3) is 2.95. The number of phenols is 2. The fraction of sp³-hybridized carbons (Fsp3) is 0.417. The number of rotatable bonds is 3. The number of benzene rings is 1. The Morgan fingerprint density at radius 3 is 2.65 bits per heavy atom. The number of carbonyl (C=O) groups excluding carboxylic acids is 1. The summed E-state index contributed by atoms with van der Waals surface area (Å²) in [6.45, 7) is 3.75. The van der Waals surface area contributed by atoms with Crippen LogP contribution in [-0.2, 0) is 0 Å². The molecular formula is C12H16N2O3. The number of piperazine rings is 1. The van der Waals surface area contributed by atoms with Gasteiger partial charge in [0.15, 0.2) is 5.78 Å².